The third-order valence-corrected chi connectivity index (χ3v) is 4.68. The van der Waals surface area contributed by atoms with Crippen molar-refractivity contribution in [1.29, 1.82) is 0 Å². The van der Waals surface area contributed by atoms with Gasteiger partial charge < -0.3 is 0 Å². The van der Waals surface area contributed by atoms with Crippen LogP contribution in [0.2, 0.25) is 0 Å². The minimum absolute atomic E-state index is 0.134. The zero-order valence-electron chi connectivity index (χ0n) is 8.15. The van der Waals surface area contributed by atoms with E-state index >= 15 is 0 Å². The van der Waals surface area contributed by atoms with Crippen LogP contribution in [-0.2, 0) is 4.79 Å². The summed E-state index contributed by atoms with van der Waals surface area (Å²) < 4.78 is 0. The average molecular weight is 268 g/mol. The van der Waals surface area contributed by atoms with Gasteiger partial charge in [-0.25, -0.2) is 0 Å². The molecule has 1 fully saturated rings. The first kappa shape index (κ1) is 11.5. The Morgan fingerprint density at radius 2 is 1.92 bits per heavy atom. The Labute approximate surface area is 93.4 Å². The number of carbonyl (C=O) groups excluding carboxylic acids is 1. The lowest BCUT2D eigenvalue weighted by atomic mass is 9.72. The monoisotopic (exact) mass is 266 g/mol. The highest BCUT2D eigenvalue weighted by atomic mass is 79.9. The molecule has 0 aromatic rings. The fraction of sp³-hybridized carbons (Fsp3) is 0.900. The lowest BCUT2D eigenvalue weighted by molar-refractivity contribution is -0.112. The SMILES string of the molecule is CC1(C)CCC(C(Br)C(=O)Cl)CC1. The van der Waals surface area contributed by atoms with Gasteiger partial charge >= 0.3 is 0 Å². The molecule has 1 aliphatic carbocycles. The maximum Gasteiger partial charge on any atom is 0.235 e. The van der Waals surface area contributed by atoms with Crippen LogP contribution in [0.1, 0.15) is 39.5 Å². The van der Waals surface area contributed by atoms with Crippen molar-refractivity contribution in [1.82, 2.24) is 0 Å². The van der Waals surface area contributed by atoms with Crippen molar-refractivity contribution in [2.45, 2.75) is 44.4 Å². The highest BCUT2D eigenvalue weighted by Crippen LogP contribution is 2.41. The Morgan fingerprint density at radius 1 is 1.46 bits per heavy atom. The smallest absolute Gasteiger partial charge is 0.235 e. The van der Waals surface area contributed by atoms with Gasteiger partial charge in [-0.05, 0) is 48.6 Å². The van der Waals surface area contributed by atoms with Gasteiger partial charge in [-0.3, -0.25) is 4.79 Å². The van der Waals surface area contributed by atoms with E-state index in [1.165, 1.54) is 12.8 Å². The van der Waals surface area contributed by atoms with Crippen LogP contribution in [-0.4, -0.2) is 10.1 Å². The van der Waals surface area contributed by atoms with Crippen molar-refractivity contribution >= 4 is 32.8 Å². The summed E-state index contributed by atoms with van der Waals surface area (Å²) in [6.07, 6.45) is 4.62. The van der Waals surface area contributed by atoms with Gasteiger partial charge in [0.15, 0.2) is 0 Å². The molecule has 0 spiro atoms. The fourth-order valence-corrected chi connectivity index (χ4v) is 2.61. The number of hydrogen-bond donors (Lipinski definition) is 0. The molecule has 0 aliphatic heterocycles. The summed E-state index contributed by atoms with van der Waals surface area (Å²) in [6, 6.07) is 0. The van der Waals surface area contributed by atoms with E-state index in [0.29, 0.717) is 11.3 Å². The molecule has 0 heterocycles. The molecule has 0 bridgehead atoms. The number of hydrogen-bond acceptors (Lipinski definition) is 1. The quantitative estimate of drug-likeness (QED) is 0.550. The molecule has 0 saturated heterocycles. The van der Waals surface area contributed by atoms with Crippen LogP contribution in [0.25, 0.3) is 0 Å². The van der Waals surface area contributed by atoms with Gasteiger partial charge in [-0.1, -0.05) is 29.8 Å². The summed E-state index contributed by atoms with van der Waals surface area (Å²) in [4.78, 5) is 10.8. The predicted octanol–water partition coefficient (Wildman–Crippen LogP) is 3.73. The minimum Gasteiger partial charge on any atom is -0.280 e. The zero-order chi connectivity index (χ0) is 10.1. The van der Waals surface area contributed by atoms with Crippen LogP contribution in [0.3, 0.4) is 0 Å². The lowest BCUT2D eigenvalue weighted by Crippen LogP contribution is -2.28. The van der Waals surface area contributed by atoms with Crippen LogP contribution in [0, 0.1) is 11.3 Å². The van der Waals surface area contributed by atoms with Crippen LogP contribution >= 0.6 is 27.5 Å². The van der Waals surface area contributed by atoms with Gasteiger partial charge in [-0.2, -0.15) is 0 Å². The number of rotatable bonds is 2. The van der Waals surface area contributed by atoms with Crippen molar-refractivity contribution in [2.75, 3.05) is 0 Å². The first-order chi connectivity index (χ1) is 5.92. The fourth-order valence-electron chi connectivity index (χ4n) is 1.90. The van der Waals surface area contributed by atoms with Crippen molar-refractivity contribution in [3.05, 3.63) is 0 Å². The summed E-state index contributed by atoms with van der Waals surface area (Å²) in [6.45, 7) is 4.57. The number of halogens is 2. The molecule has 1 nitrogen and oxygen atoms in total. The zero-order valence-corrected chi connectivity index (χ0v) is 10.5. The van der Waals surface area contributed by atoms with Crippen LogP contribution in [0.15, 0.2) is 0 Å². The van der Waals surface area contributed by atoms with Gasteiger partial charge in [0.05, 0.1) is 4.83 Å². The second-order valence-corrected chi connectivity index (χ2v) is 6.07. The standard InChI is InChI=1S/C10H16BrClO/c1-10(2)5-3-7(4-6-10)8(11)9(12)13/h7-8H,3-6H2,1-2H3. The molecular weight excluding hydrogens is 251 g/mol. The maximum atomic E-state index is 10.9. The summed E-state index contributed by atoms with van der Waals surface area (Å²) in [7, 11) is 0. The topological polar surface area (TPSA) is 17.1 Å². The molecule has 0 amide bonds. The molecule has 0 aromatic heterocycles. The van der Waals surface area contributed by atoms with Crippen molar-refractivity contribution in [3.63, 3.8) is 0 Å². The second-order valence-electron chi connectivity index (χ2n) is 4.71. The third kappa shape index (κ3) is 3.25. The van der Waals surface area contributed by atoms with Crippen LogP contribution in [0.4, 0.5) is 0 Å². The molecule has 13 heavy (non-hydrogen) atoms. The second kappa shape index (κ2) is 4.31. The summed E-state index contributed by atoms with van der Waals surface area (Å²) in [5.41, 5.74) is 0.457. The molecule has 0 radical (unpaired) electrons. The van der Waals surface area contributed by atoms with E-state index in [0.717, 1.165) is 12.8 Å². The lowest BCUT2D eigenvalue weighted by Gasteiger charge is -2.35. The Balaban J connectivity index is 2.45. The molecule has 1 rings (SSSR count). The number of alkyl halides is 1. The van der Waals surface area contributed by atoms with E-state index in [2.05, 4.69) is 29.8 Å². The average Bonchev–Trinajstić information content (AvgIpc) is 2.03. The van der Waals surface area contributed by atoms with Crippen molar-refractivity contribution in [2.24, 2.45) is 11.3 Å². The first-order valence-corrected chi connectivity index (χ1v) is 6.05. The Kier molecular flexibility index (Phi) is 3.82. The Morgan fingerprint density at radius 3 is 2.31 bits per heavy atom. The first-order valence-electron chi connectivity index (χ1n) is 4.76. The molecule has 0 aromatic carbocycles. The molecule has 0 N–H and O–H groups in total. The summed E-state index contributed by atoms with van der Waals surface area (Å²) in [5.74, 6) is 0.443. The van der Waals surface area contributed by atoms with E-state index in [4.69, 9.17) is 11.6 Å². The van der Waals surface area contributed by atoms with Gasteiger partial charge in [0, 0.05) is 0 Å². The molecular formula is C10H16BrClO. The third-order valence-electron chi connectivity index (χ3n) is 3.01. The molecule has 1 atom stereocenters. The van der Waals surface area contributed by atoms with Gasteiger partial charge in [0.1, 0.15) is 0 Å². The summed E-state index contributed by atoms with van der Waals surface area (Å²) >= 11 is 8.81. The highest BCUT2D eigenvalue weighted by Gasteiger charge is 2.32. The van der Waals surface area contributed by atoms with Crippen LogP contribution in [0.5, 0.6) is 0 Å². The molecule has 1 aliphatic rings. The normalized spacial score (nSPS) is 25.5. The largest absolute Gasteiger partial charge is 0.280 e. The molecule has 76 valence electrons. The van der Waals surface area contributed by atoms with E-state index in [1.807, 2.05) is 0 Å². The van der Waals surface area contributed by atoms with Crippen molar-refractivity contribution < 1.29 is 4.79 Å². The minimum atomic E-state index is -0.246. The predicted molar refractivity (Wildman–Crippen MR) is 59.3 cm³/mol. The molecule has 3 heteroatoms. The Hall–Kier alpha value is 0.440. The van der Waals surface area contributed by atoms with Gasteiger partial charge in [0.25, 0.3) is 0 Å². The van der Waals surface area contributed by atoms with Gasteiger partial charge in [0.2, 0.25) is 5.24 Å². The van der Waals surface area contributed by atoms with E-state index in [1.54, 1.807) is 0 Å². The van der Waals surface area contributed by atoms with E-state index in [-0.39, 0.29) is 10.1 Å². The molecule has 1 unspecified atom stereocenters. The molecule has 1 saturated carbocycles. The van der Waals surface area contributed by atoms with E-state index < -0.39 is 0 Å². The number of carbonyl (C=O) groups is 1. The Bertz CT molecular complexity index is 193. The maximum absolute atomic E-state index is 10.9. The highest BCUT2D eigenvalue weighted by molar-refractivity contribution is 9.10. The van der Waals surface area contributed by atoms with Gasteiger partial charge in [-0.15, -0.1) is 0 Å². The summed E-state index contributed by atoms with van der Waals surface area (Å²) in [5, 5.41) is -0.246. The van der Waals surface area contributed by atoms with E-state index in [9.17, 15) is 4.79 Å². The van der Waals surface area contributed by atoms with Crippen molar-refractivity contribution in [3.8, 4) is 0 Å². The van der Waals surface area contributed by atoms with Crippen LogP contribution < -0.4 is 0 Å².